The predicted molar refractivity (Wildman–Crippen MR) is 229 cm³/mol. The van der Waals surface area contributed by atoms with E-state index in [1.165, 1.54) is 24.1 Å². The van der Waals surface area contributed by atoms with Crippen LogP contribution in [0, 0.1) is 0 Å². The normalized spacial score (nSPS) is 14.6. The summed E-state index contributed by atoms with van der Waals surface area (Å²) >= 11 is 0. The van der Waals surface area contributed by atoms with Crippen LogP contribution in [0.15, 0.2) is 128 Å². The summed E-state index contributed by atoms with van der Waals surface area (Å²) in [6.07, 6.45) is -4.29. The molecular weight excluding hydrogens is 800 g/mol. The Bertz CT molecular complexity index is 2580. The second kappa shape index (κ2) is 17.7. The van der Waals surface area contributed by atoms with Crippen molar-refractivity contribution in [2.45, 2.75) is 37.4 Å². The molecule has 1 fully saturated rings. The van der Waals surface area contributed by atoms with Crippen molar-refractivity contribution in [2.75, 3.05) is 42.3 Å². The molecule has 0 spiro atoms. The Kier molecular flexibility index (Phi) is 11.8. The highest BCUT2D eigenvalue weighted by Gasteiger charge is 2.36. The number of piperidine rings is 1. The third-order valence-corrected chi connectivity index (χ3v) is 11.2. The third-order valence-electron chi connectivity index (χ3n) is 11.2. The molecule has 4 N–H and O–H groups in total. The van der Waals surface area contributed by atoms with Gasteiger partial charge in [0.1, 0.15) is 18.0 Å². The summed E-state index contributed by atoms with van der Waals surface area (Å²) in [5.41, 5.74) is 6.05. The molecule has 316 valence electrons. The number of carbonyl (C=O) groups is 3. The third kappa shape index (κ3) is 8.73. The number of nitrogens with one attached hydrogen (secondary N) is 3. The van der Waals surface area contributed by atoms with Gasteiger partial charge in [0.25, 0.3) is 5.91 Å². The van der Waals surface area contributed by atoms with Gasteiger partial charge < -0.3 is 30.7 Å². The average molecular weight is 842 g/mol. The van der Waals surface area contributed by atoms with Crippen molar-refractivity contribution < 1.29 is 37.4 Å². The molecular formula is C47H42F3N7O5. The fourth-order valence-corrected chi connectivity index (χ4v) is 8.21. The molecule has 2 aliphatic rings. The smallest absolute Gasteiger partial charge is 0.421 e. The molecule has 6 aromatic rings. The van der Waals surface area contributed by atoms with E-state index in [1.807, 2.05) is 60.7 Å². The zero-order valence-electron chi connectivity index (χ0n) is 33.5. The molecule has 1 unspecified atom stereocenters. The van der Waals surface area contributed by atoms with Gasteiger partial charge in [-0.15, -0.1) is 0 Å². The first-order valence-corrected chi connectivity index (χ1v) is 20.1. The molecule has 3 amide bonds. The van der Waals surface area contributed by atoms with Crippen molar-refractivity contribution in [3.8, 4) is 11.1 Å². The minimum atomic E-state index is -4.80. The number of anilines is 5. The van der Waals surface area contributed by atoms with Crippen LogP contribution in [0.5, 0.6) is 0 Å². The van der Waals surface area contributed by atoms with E-state index >= 15 is 0 Å². The summed E-state index contributed by atoms with van der Waals surface area (Å²) in [6, 6.07) is 36.7. The number of hydrogen-bond acceptors (Lipinski definition) is 8. The van der Waals surface area contributed by atoms with Gasteiger partial charge in [-0.1, -0.05) is 91.0 Å². The molecule has 0 saturated carbocycles. The van der Waals surface area contributed by atoms with Crippen LogP contribution in [0.4, 0.5) is 51.6 Å². The summed E-state index contributed by atoms with van der Waals surface area (Å²) in [7, 11) is 1.42. The Morgan fingerprint density at radius 3 is 2.16 bits per heavy atom. The maximum atomic E-state index is 14.4. The average Bonchev–Trinajstić information content (AvgIpc) is 3.61. The largest absolute Gasteiger partial charge is 0.465 e. The van der Waals surface area contributed by atoms with Crippen LogP contribution in [-0.4, -0.2) is 64.8 Å². The first-order chi connectivity index (χ1) is 30.0. The van der Waals surface area contributed by atoms with Crippen molar-refractivity contribution in [3.63, 3.8) is 0 Å². The van der Waals surface area contributed by atoms with Gasteiger partial charge in [-0.3, -0.25) is 9.69 Å². The maximum absolute atomic E-state index is 14.4. The standard InChI is InChI=1S/C47H42F3N7O5/c1-51-43(58)37-17-6-8-18-40(37)54-42-39(47(48,49)50)25-52-44(55-42)53-31-22-20-29(21-23-31)26-57(41-19-9-7-12-32(41)30-11-10-24-56(27-30)45(59)60)46(61)62-28-38-35-15-4-2-13-33(35)34-14-3-5-16-36(34)38/h2-9,12-23,25,30,38H,10-11,24,26-28H2,1H3,(H,51,58)(H,59,60)(H2,52,53,54,55). The zero-order chi connectivity index (χ0) is 43.4. The minimum Gasteiger partial charge on any atom is -0.465 e. The van der Waals surface area contributed by atoms with Crippen LogP contribution in [0.1, 0.15) is 62.9 Å². The van der Waals surface area contributed by atoms with Gasteiger partial charge >= 0.3 is 18.4 Å². The van der Waals surface area contributed by atoms with E-state index in [4.69, 9.17) is 4.74 Å². The number of hydrogen-bond donors (Lipinski definition) is 4. The van der Waals surface area contributed by atoms with Crippen molar-refractivity contribution in [2.24, 2.45) is 0 Å². The lowest BCUT2D eigenvalue weighted by Crippen LogP contribution is -2.39. The number of benzene rings is 5. The first-order valence-electron chi connectivity index (χ1n) is 20.1. The highest BCUT2D eigenvalue weighted by molar-refractivity contribution is 6.00. The van der Waals surface area contributed by atoms with E-state index < -0.39 is 35.7 Å². The van der Waals surface area contributed by atoms with E-state index in [1.54, 1.807) is 41.3 Å². The molecule has 0 radical (unpaired) electrons. The lowest BCUT2D eigenvalue weighted by Gasteiger charge is -2.34. The van der Waals surface area contributed by atoms with Crippen LogP contribution < -0.4 is 20.9 Å². The van der Waals surface area contributed by atoms with Crippen LogP contribution in [0.3, 0.4) is 0 Å². The number of carbonyl (C=O) groups excluding carboxylic acids is 2. The summed E-state index contributed by atoms with van der Waals surface area (Å²) in [6.45, 7) is 0.894. The quantitative estimate of drug-likeness (QED) is 0.100. The van der Waals surface area contributed by atoms with Gasteiger partial charge in [0.15, 0.2) is 0 Å². The molecule has 8 rings (SSSR count). The van der Waals surface area contributed by atoms with Gasteiger partial charge in [-0.25, -0.2) is 14.6 Å². The zero-order valence-corrected chi connectivity index (χ0v) is 33.5. The number of para-hydroxylation sites is 2. The Morgan fingerprint density at radius 2 is 1.48 bits per heavy atom. The lowest BCUT2D eigenvalue weighted by atomic mass is 9.89. The molecule has 1 aliphatic carbocycles. The summed E-state index contributed by atoms with van der Waals surface area (Å²) in [5, 5.41) is 17.9. The summed E-state index contributed by atoms with van der Waals surface area (Å²) < 4.78 is 48.5. The maximum Gasteiger partial charge on any atom is 0.421 e. The number of halogens is 3. The lowest BCUT2D eigenvalue weighted by molar-refractivity contribution is -0.137. The number of alkyl halides is 3. The number of likely N-dealkylation sites (tertiary alicyclic amines) is 1. The number of nitrogens with zero attached hydrogens (tertiary/aromatic N) is 4. The Morgan fingerprint density at radius 1 is 0.839 bits per heavy atom. The number of fused-ring (bicyclic) bond motifs is 3. The SMILES string of the molecule is CNC(=O)c1ccccc1Nc1nc(Nc2ccc(CN(C(=O)OCC3c4ccccc4-c4ccccc43)c3ccccc3C3CCCN(C(=O)O)C3)cc2)ncc1C(F)(F)F. The predicted octanol–water partition coefficient (Wildman–Crippen LogP) is 10.2. The van der Waals surface area contributed by atoms with Gasteiger partial charge in [0.2, 0.25) is 5.95 Å². The van der Waals surface area contributed by atoms with E-state index in [0.29, 0.717) is 36.1 Å². The summed E-state index contributed by atoms with van der Waals surface area (Å²) in [4.78, 5) is 49.9. The number of amides is 3. The molecule has 5 aromatic carbocycles. The number of rotatable bonds is 11. The van der Waals surface area contributed by atoms with Gasteiger partial charge in [0, 0.05) is 43.9 Å². The second-order valence-corrected chi connectivity index (χ2v) is 15.0. The minimum absolute atomic E-state index is 0.0823. The van der Waals surface area contributed by atoms with E-state index in [0.717, 1.165) is 34.2 Å². The van der Waals surface area contributed by atoms with E-state index in [9.17, 15) is 32.7 Å². The van der Waals surface area contributed by atoms with Crippen molar-refractivity contribution in [1.82, 2.24) is 20.2 Å². The second-order valence-electron chi connectivity index (χ2n) is 15.0. The van der Waals surface area contributed by atoms with Crippen molar-refractivity contribution >= 4 is 46.9 Å². The molecule has 1 atom stereocenters. The fraction of sp³-hybridized carbons (Fsp3) is 0.213. The van der Waals surface area contributed by atoms with Crippen LogP contribution in [0.2, 0.25) is 0 Å². The number of carboxylic acid groups (broad SMARTS) is 1. The van der Waals surface area contributed by atoms with Gasteiger partial charge in [0.05, 0.1) is 23.5 Å². The molecule has 1 saturated heterocycles. The number of aromatic nitrogens is 2. The first kappa shape index (κ1) is 41.3. The molecule has 0 bridgehead atoms. The highest BCUT2D eigenvalue weighted by Crippen LogP contribution is 2.45. The summed E-state index contributed by atoms with van der Waals surface area (Å²) in [5.74, 6) is -1.52. The molecule has 2 heterocycles. The Balaban J connectivity index is 1.06. The van der Waals surface area contributed by atoms with Crippen molar-refractivity contribution in [3.05, 3.63) is 161 Å². The van der Waals surface area contributed by atoms with Crippen LogP contribution >= 0.6 is 0 Å². The van der Waals surface area contributed by atoms with Gasteiger partial charge in [-0.2, -0.15) is 18.2 Å². The Labute approximate surface area is 355 Å². The molecule has 12 nitrogen and oxygen atoms in total. The fourth-order valence-electron chi connectivity index (χ4n) is 8.21. The van der Waals surface area contributed by atoms with Crippen molar-refractivity contribution in [1.29, 1.82) is 0 Å². The van der Waals surface area contributed by atoms with E-state index in [2.05, 4.69) is 38.1 Å². The van der Waals surface area contributed by atoms with Crippen LogP contribution in [-0.2, 0) is 17.5 Å². The van der Waals surface area contributed by atoms with E-state index in [-0.39, 0.29) is 48.7 Å². The molecule has 15 heteroatoms. The molecule has 62 heavy (non-hydrogen) atoms. The highest BCUT2D eigenvalue weighted by atomic mass is 19.4. The topological polar surface area (TPSA) is 149 Å². The Hall–Kier alpha value is -7.42. The van der Waals surface area contributed by atoms with Gasteiger partial charge in [-0.05, 0) is 76.6 Å². The molecule has 1 aromatic heterocycles. The monoisotopic (exact) mass is 841 g/mol. The van der Waals surface area contributed by atoms with Crippen LogP contribution in [0.25, 0.3) is 11.1 Å². The molecule has 1 aliphatic heterocycles. The number of ether oxygens (including phenoxy) is 1.